The third-order valence-electron chi connectivity index (χ3n) is 4.07. The molecular formula is C19H19NO5S. The van der Waals surface area contributed by atoms with E-state index in [9.17, 15) is 4.79 Å². The highest BCUT2D eigenvalue weighted by Crippen LogP contribution is 2.42. The summed E-state index contributed by atoms with van der Waals surface area (Å²) in [5.74, 6) is 1.71. The zero-order valence-corrected chi connectivity index (χ0v) is 15.7. The van der Waals surface area contributed by atoms with Gasteiger partial charge in [0.05, 0.1) is 43.7 Å². The Labute approximate surface area is 155 Å². The van der Waals surface area contributed by atoms with Crippen molar-refractivity contribution >= 4 is 32.9 Å². The minimum absolute atomic E-state index is 0.218. The molecule has 3 rings (SSSR count). The van der Waals surface area contributed by atoms with Crippen LogP contribution in [0, 0.1) is 0 Å². The fourth-order valence-corrected chi connectivity index (χ4v) is 3.96. The summed E-state index contributed by atoms with van der Waals surface area (Å²) in [6, 6.07) is 8.79. The Bertz CT molecular complexity index is 954. The molecule has 0 spiro atoms. The fraction of sp³-hybridized carbons (Fsp3) is 0.211. The van der Waals surface area contributed by atoms with Crippen LogP contribution in [-0.4, -0.2) is 34.2 Å². The number of nitrogen functional groups attached to an aromatic ring is 1. The van der Waals surface area contributed by atoms with Gasteiger partial charge in [-0.15, -0.1) is 11.3 Å². The summed E-state index contributed by atoms with van der Waals surface area (Å²) in [5.41, 5.74) is 7.08. The first-order valence-electron chi connectivity index (χ1n) is 7.75. The molecule has 6 nitrogen and oxygen atoms in total. The lowest BCUT2D eigenvalue weighted by molar-refractivity contribution is 0.104. The minimum Gasteiger partial charge on any atom is -0.495 e. The molecule has 0 saturated heterocycles. The molecule has 0 amide bonds. The van der Waals surface area contributed by atoms with E-state index >= 15 is 0 Å². The van der Waals surface area contributed by atoms with Gasteiger partial charge in [-0.3, -0.25) is 4.79 Å². The summed E-state index contributed by atoms with van der Waals surface area (Å²) in [7, 11) is 6.11. The first-order valence-corrected chi connectivity index (χ1v) is 8.57. The molecule has 0 aliphatic heterocycles. The smallest absolute Gasteiger partial charge is 0.205 e. The number of thiophene rings is 1. The molecule has 3 aromatic rings. The van der Waals surface area contributed by atoms with Gasteiger partial charge in [0.1, 0.15) is 5.75 Å². The molecule has 0 aliphatic carbocycles. The fourth-order valence-electron chi connectivity index (χ4n) is 2.79. The van der Waals surface area contributed by atoms with Crippen molar-refractivity contribution in [2.45, 2.75) is 0 Å². The van der Waals surface area contributed by atoms with E-state index in [1.165, 1.54) is 32.7 Å². The zero-order valence-electron chi connectivity index (χ0n) is 14.9. The quantitative estimate of drug-likeness (QED) is 0.663. The standard InChI is InChI=1S/C19H19NO5S/c1-22-12-7-5-6-11-15(20)19(26-18(11)12)16(21)10-8-13(23-2)17(25-4)14(9-10)24-3/h5-9H,20H2,1-4H3. The number of carbonyl (C=O) groups excluding carboxylic acids is 1. The van der Waals surface area contributed by atoms with Crippen molar-refractivity contribution in [1.82, 2.24) is 0 Å². The highest BCUT2D eigenvalue weighted by Gasteiger charge is 2.23. The lowest BCUT2D eigenvalue weighted by atomic mass is 10.1. The molecule has 1 heterocycles. The van der Waals surface area contributed by atoms with E-state index in [4.69, 9.17) is 24.7 Å². The molecule has 0 radical (unpaired) electrons. The topological polar surface area (TPSA) is 80.0 Å². The first kappa shape index (κ1) is 17.9. The second kappa shape index (κ2) is 7.13. The number of ketones is 1. The van der Waals surface area contributed by atoms with Gasteiger partial charge >= 0.3 is 0 Å². The van der Waals surface area contributed by atoms with Gasteiger partial charge in [-0.25, -0.2) is 0 Å². The summed E-state index contributed by atoms with van der Waals surface area (Å²) in [6.45, 7) is 0. The predicted molar refractivity (Wildman–Crippen MR) is 102 cm³/mol. The van der Waals surface area contributed by atoms with Gasteiger partial charge < -0.3 is 24.7 Å². The zero-order chi connectivity index (χ0) is 18.8. The average Bonchev–Trinajstić information content (AvgIpc) is 3.02. The van der Waals surface area contributed by atoms with Crippen molar-refractivity contribution in [2.75, 3.05) is 34.2 Å². The number of anilines is 1. The van der Waals surface area contributed by atoms with Gasteiger partial charge in [0.25, 0.3) is 0 Å². The van der Waals surface area contributed by atoms with E-state index in [0.29, 0.717) is 39.1 Å². The highest BCUT2D eigenvalue weighted by molar-refractivity contribution is 7.22. The third kappa shape index (κ3) is 2.80. The number of methoxy groups -OCH3 is 4. The monoisotopic (exact) mass is 373 g/mol. The summed E-state index contributed by atoms with van der Waals surface area (Å²) < 4.78 is 22.2. The highest BCUT2D eigenvalue weighted by atomic mass is 32.1. The van der Waals surface area contributed by atoms with E-state index < -0.39 is 0 Å². The second-order valence-electron chi connectivity index (χ2n) is 5.42. The van der Waals surface area contributed by atoms with Crippen LogP contribution < -0.4 is 24.7 Å². The van der Waals surface area contributed by atoms with Gasteiger partial charge in [0.2, 0.25) is 11.5 Å². The molecule has 0 atom stereocenters. The normalized spacial score (nSPS) is 10.6. The van der Waals surface area contributed by atoms with Crippen LogP contribution in [0.15, 0.2) is 30.3 Å². The van der Waals surface area contributed by atoms with Crippen LogP contribution in [0.4, 0.5) is 5.69 Å². The molecule has 0 unspecified atom stereocenters. The molecule has 0 fully saturated rings. The molecule has 1 aromatic heterocycles. The largest absolute Gasteiger partial charge is 0.495 e. The van der Waals surface area contributed by atoms with Crippen molar-refractivity contribution in [3.63, 3.8) is 0 Å². The molecule has 2 aromatic carbocycles. The summed E-state index contributed by atoms with van der Waals surface area (Å²) in [5, 5.41) is 0.796. The van der Waals surface area contributed by atoms with Crippen molar-refractivity contribution < 1.29 is 23.7 Å². The number of fused-ring (bicyclic) bond motifs is 1. The Balaban J connectivity index is 2.16. The maximum absolute atomic E-state index is 13.1. The maximum atomic E-state index is 13.1. The van der Waals surface area contributed by atoms with Crippen molar-refractivity contribution in [1.29, 1.82) is 0 Å². The third-order valence-corrected chi connectivity index (χ3v) is 5.31. The Morgan fingerprint density at radius 1 is 0.923 bits per heavy atom. The van der Waals surface area contributed by atoms with E-state index in [-0.39, 0.29) is 5.78 Å². The number of benzene rings is 2. The second-order valence-corrected chi connectivity index (χ2v) is 6.45. The molecule has 0 aliphatic rings. The SMILES string of the molecule is COc1cc(C(=O)c2sc3c(OC)cccc3c2N)cc(OC)c1OC. The number of hydrogen-bond donors (Lipinski definition) is 1. The number of nitrogens with two attached hydrogens (primary N) is 1. The first-order chi connectivity index (χ1) is 12.5. The lowest BCUT2D eigenvalue weighted by Crippen LogP contribution is -2.04. The van der Waals surface area contributed by atoms with Gasteiger partial charge in [0, 0.05) is 10.9 Å². The van der Waals surface area contributed by atoms with Gasteiger partial charge in [-0.05, 0) is 18.2 Å². The van der Waals surface area contributed by atoms with E-state index in [0.717, 1.165) is 10.1 Å². The van der Waals surface area contributed by atoms with E-state index in [2.05, 4.69) is 0 Å². The molecular weight excluding hydrogens is 354 g/mol. The van der Waals surface area contributed by atoms with Crippen LogP contribution in [0.2, 0.25) is 0 Å². The maximum Gasteiger partial charge on any atom is 0.205 e. The number of rotatable bonds is 6. The van der Waals surface area contributed by atoms with Crippen LogP contribution in [0.5, 0.6) is 23.0 Å². The number of hydrogen-bond acceptors (Lipinski definition) is 7. The molecule has 0 bridgehead atoms. The van der Waals surface area contributed by atoms with Crippen molar-refractivity contribution in [2.24, 2.45) is 0 Å². The Morgan fingerprint density at radius 3 is 2.08 bits per heavy atom. The van der Waals surface area contributed by atoms with E-state index in [1.54, 1.807) is 19.2 Å². The van der Waals surface area contributed by atoms with Crippen LogP contribution in [0.25, 0.3) is 10.1 Å². The van der Waals surface area contributed by atoms with Crippen molar-refractivity contribution in [3.8, 4) is 23.0 Å². The molecule has 2 N–H and O–H groups in total. The van der Waals surface area contributed by atoms with Gasteiger partial charge in [-0.1, -0.05) is 12.1 Å². The van der Waals surface area contributed by atoms with Crippen LogP contribution in [0.3, 0.4) is 0 Å². The van der Waals surface area contributed by atoms with Crippen LogP contribution in [-0.2, 0) is 0 Å². The minimum atomic E-state index is -0.218. The molecule has 0 saturated carbocycles. The Hall–Kier alpha value is -2.93. The molecule has 136 valence electrons. The summed E-state index contributed by atoms with van der Waals surface area (Å²) in [4.78, 5) is 13.6. The van der Waals surface area contributed by atoms with Crippen LogP contribution >= 0.6 is 11.3 Å². The average molecular weight is 373 g/mol. The van der Waals surface area contributed by atoms with Gasteiger partial charge in [-0.2, -0.15) is 0 Å². The molecule has 7 heteroatoms. The van der Waals surface area contributed by atoms with Crippen molar-refractivity contribution in [3.05, 3.63) is 40.8 Å². The summed E-state index contributed by atoms with van der Waals surface area (Å²) >= 11 is 1.30. The lowest BCUT2D eigenvalue weighted by Gasteiger charge is -2.13. The number of carbonyl (C=O) groups is 1. The summed E-state index contributed by atoms with van der Waals surface area (Å²) in [6.07, 6.45) is 0. The Morgan fingerprint density at radius 2 is 1.54 bits per heavy atom. The van der Waals surface area contributed by atoms with Gasteiger partial charge in [0.15, 0.2) is 11.5 Å². The predicted octanol–water partition coefficient (Wildman–Crippen LogP) is 3.75. The number of ether oxygens (including phenoxy) is 4. The van der Waals surface area contributed by atoms with E-state index in [1.807, 2.05) is 18.2 Å². The molecule has 26 heavy (non-hydrogen) atoms. The Kier molecular flexibility index (Phi) is 4.90. The van der Waals surface area contributed by atoms with Crippen LogP contribution in [0.1, 0.15) is 15.2 Å².